The molecule has 0 aliphatic heterocycles. The van der Waals surface area contributed by atoms with Crippen LogP contribution in [0.25, 0.3) is 0 Å². The predicted octanol–water partition coefficient (Wildman–Crippen LogP) is 3.56. The van der Waals surface area contributed by atoms with Gasteiger partial charge in [0.05, 0.1) is 17.5 Å². The predicted molar refractivity (Wildman–Crippen MR) is 116 cm³/mol. The van der Waals surface area contributed by atoms with Crippen LogP contribution >= 0.6 is 11.8 Å². The van der Waals surface area contributed by atoms with Gasteiger partial charge in [0.2, 0.25) is 0 Å². The van der Waals surface area contributed by atoms with Crippen LogP contribution in [-0.4, -0.2) is 33.8 Å². The average molecular weight is 420 g/mol. The van der Waals surface area contributed by atoms with Crippen molar-refractivity contribution in [3.05, 3.63) is 83.2 Å². The number of thioether (sulfide) groups is 1. The molecule has 0 saturated carbocycles. The summed E-state index contributed by atoms with van der Waals surface area (Å²) >= 11 is 1.25. The lowest BCUT2D eigenvalue weighted by molar-refractivity contribution is -0.118. The molecule has 152 valence electrons. The van der Waals surface area contributed by atoms with Gasteiger partial charge in [-0.1, -0.05) is 30.0 Å². The molecule has 7 nitrogen and oxygen atoms in total. The van der Waals surface area contributed by atoms with Crippen LogP contribution in [0.15, 0.2) is 70.9 Å². The molecule has 1 N–H and O–H groups in total. The van der Waals surface area contributed by atoms with E-state index in [4.69, 9.17) is 4.74 Å². The van der Waals surface area contributed by atoms with Gasteiger partial charge in [0.15, 0.2) is 5.16 Å². The largest absolute Gasteiger partial charge is 0.423 e. The summed E-state index contributed by atoms with van der Waals surface area (Å²) in [5.74, 6) is -0.0916. The smallest absolute Gasteiger partial charge is 0.343 e. The van der Waals surface area contributed by atoms with E-state index in [9.17, 15) is 9.59 Å². The Bertz CT molecular complexity index is 1030. The molecule has 30 heavy (non-hydrogen) atoms. The second kappa shape index (κ2) is 10.3. The van der Waals surface area contributed by atoms with Crippen molar-refractivity contribution in [2.75, 3.05) is 5.75 Å². The van der Waals surface area contributed by atoms with Crippen LogP contribution in [0.5, 0.6) is 5.75 Å². The summed E-state index contributed by atoms with van der Waals surface area (Å²) in [5.41, 5.74) is 5.42. The van der Waals surface area contributed by atoms with Gasteiger partial charge < -0.3 is 4.74 Å². The highest BCUT2D eigenvalue weighted by Crippen LogP contribution is 2.14. The number of benzene rings is 2. The molecule has 0 saturated heterocycles. The summed E-state index contributed by atoms with van der Waals surface area (Å²) in [7, 11) is 0. The lowest BCUT2D eigenvalue weighted by Gasteiger charge is -2.04. The van der Waals surface area contributed by atoms with Crippen LogP contribution in [0.2, 0.25) is 0 Å². The molecule has 1 amide bonds. The Morgan fingerprint density at radius 3 is 2.37 bits per heavy atom. The van der Waals surface area contributed by atoms with Gasteiger partial charge >= 0.3 is 5.97 Å². The van der Waals surface area contributed by atoms with Crippen molar-refractivity contribution in [3.8, 4) is 5.75 Å². The number of rotatable bonds is 7. The van der Waals surface area contributed by atoms with E-state index in [1.807, 2.05) is 26.0 Å². The van der Waals surface area contributed by atoms with E-state index in [1.165, 1.54) is 18.0 Å². The molecule has 1 aromatic heterocycles. The molecule has 0 radical (unpaired) electrons. The highest BCUT2D eigenvalue weighted by molar-refractivity contribution is 7.99. The lowest BCUT2D eigenvalue weighted by atomic mass is 10.2. The Morgan fingerprint density at radius 1 is 1.03 bits per heavy atom. The molecule has 0 spiro atoms. The minimum Gasteiger partial charge on any atom is -0.423 e. The van der Waals surface area contributed by atoms with Gasteiger partial charge in [0.1, 0.15) is 5.75 Å². The Labute approximate surface area is 178 Å². The van der Waals surface area contributed by atoms with E-state index in [0.29, 0.717) is 16.5 Å². The maximum absolute atomic E-state index is 12.0. The fourth-order valence-corrected chi connectivity index (χ4v) is 3.20. The quantitative estimate of drug-likeness (QED) is 0.157. The lowest BCUT2D eigenvalue weighted by Crippen LogP contribution is -2.19. The standard InChI is InChI=1S/C22H20N4O3S/c1-15-12-16(2)25-22(24-15)30-14-20(27)26-23-13-17-8-10-19(11-9-17)29-21(28)18-6-4-3-5-7-18/h3-13H,14H2,1-2H3,(H,26,27)/b23-13+. The number of aryl methyl sites for hydroxylation is 2. The highest BCUT2D eigenvalue weighted by atomic mass is 32.2. The van der Waals surface area contributed by atoms with Gasteiger partial charge in [-0.15, -0.1) is 0 Å². The number of hydrogen-bond acceptors (Lipinski definition) is 7. The average Bonchev–Trinajstić information content (AvgIpc) is 2.73. The molecule has 1 heterocycles. The summed E-state index contributed by atoms with van der Waals surface area (Å²) in [6, 6.07) is 17.4. The molecule has 3 aromatic rings. The number of hydrazone groups is 1. The van der Waals surface area contributed by atoms with Gasteiger partial charge in [-0.3, -0.25) is 4.79 Å². The number of aromatic nitrogens is 2. The third kappa shape index (κ3) is 6.52. The normalized spacial score (nSPS) is 10.7. The van der Waals surface area contributed by atoms with E-state index in [-0.39, 0.29) is 11.7 Å². The molecule has 0 atom stereocenters. The fourth-order valence-electron chi connectivity index (χ4n) is 2.46. The van der Waals surface area contributed by atoms with E-state index in [0.717, 1.165) is 17.0 Å². The van der Waals surface area contributed by atoms with E-state index in [2.05, 4.69) is 20.5 Å². The van der Waals surface area contributed by atoms with Crippen molar-refractivity contribution >= 4 is 29.9 Å². The number of ether oxygens (including phenoxy) is 1. The van der Waals surface area contributed by atoms with Gasteiger partial charge in [0.25, 0.3) is 5.91 Å². The zero-order valence-corrected chi connectivity index (χ0v) is 17.3. The van der Waals surface area contributed by atoms with E-state index >= 15 is 0 Å². The van der Waals surface area contributed by atoms with Gasteiger partial charge in [0, 0.05) is 11.4 Å². The molecule has 8 heteroatoms. The Morgan fingerprint density at radius 2 is 1.70 bits per heavy atom. The van der Waals surface area contributed by atoms with Crippen LogP contribution in [-0.2, 0) is 4.79 Å². The molecule has 0 aliphatic rings. The molecule has 0 fully saturated rings. The summed E-state index contributed by atoms with van der Waals surface area (Å²) in [6.45, 7) is 3.77. The number of esters is 1. The van der Waals surface area contributed by atoms with Crippen LogP contribution in [0.3, 0.4) is 0 Å². The molecular formula is C22H20N4O3S. The van der Waals surface area contributed by atoms with Crippen molar-refractivity contribution in [1.29, 1.82) is 0 Å². The fraction of sp³-hybridized carbons (Fsp3) is 0.136. The van der Waals surface area contributed by atoms with Crippen molar-refractivity contribution in [1.82, 2.24) is 15.4 Å². The van der Waals surface area contributed by atoms with Crippen molar-refractivity contribution in [2.24, 2.45) is 5.10 Å². The summed E-state index contributed by atoms with van der Waals surface area (Å²) in [5, 5.41) is 4.50. The molecule has 3 rings (SSSR count). The first-order valence-electron chi connectivity index (χ1n) is 9.14. The van der Waals surface area contributed by atoms with Crippen molar-refractivity contribution in [2.45, 2.75) is 19.0 Å². The third-order valence-corrected chi connectivity index (χ3v) is 4.64. The minimum atomic E-state index is -0.422. The van der Waals surface area contributed by atoms with Gasteiger partial charge in [-0.05, 0) is 61.9 Å². The van der Waals surface area contributed by atoms with Gasteiger partial charge in [-0.2, -0.15) is 5.10 Å². The topological polar surface area (TPSA) is 93.5 Å². The minimum absolute atomic E-state index is 0.161. The van der Waals surface area contributed by atoms with Crippen molar-refractivity contribution in [3.63, 3.8) is 0 Å². The number of nitrogens with one attached hydrogen (secondary N) is 1. The molecule has 2 aromatic carbocycles. The van der Waals surface area contributed by atoms with E-state index < -0.39 is 5.97 Å². The molecular weight excluding hydrogens is 400 g/mol. The number of amides is 1. The first-order valence-corrected chi connectivity index (χ1v) is 10.1. The number of carbonyl (C=O) groups is 2. The Kier molecular flexibility index (Phi) is 7.29. The maximum atomic E-state index is 12.0. The van der Waals surface area contributed by atoms with Gasteiger partial charge in [-0.25, -0.2) is 20.2 Å². The monoisotopic (exact) mass is 420 g/mol. The summed E-state index contributed by atoms with van der Waals surface area (Å²) in [6.07, 6.45) is 1.51. The third-order valence-electron chi connectivity index (χ3n) is 3.80. The van der Waals surface area contributed by atoms with Crippen molar-refractivity contribution < 1.29 is 14.3 Å². The van der Waals surface area contributed by atoms with Crippen LogP contribution in [0.4, 0.5) is 0 Å². The molecule has 0 aliphatic carbocycles. The maximum Gasteiger partial charge on any atom is 0.343 e. The van der Waals surface area contributed by atoms with E-state index in [1.54, 1.807) is 48.5 Å². The number of carbonyl (C=O) groups excluding carboxylic acids is 2. The molecule has 0 unspecified atom stereocenters. The van der Waals surface area contributed by atoms with Crippen LogP contribution < -0.4 is 10.2 Å². The number of nitrogens with zero attached hydrogens (tertiary/aromatic N) is 3. The summed E-state index contributed by atoms with van der Waals surface area (Å²) < 4.78 is 5.32. The SMILES string of the molecule is Cc1cc(C)nc(SCC(=O)N/N=C/c2ccc(OC(=O)c3ccccc3)cc2)n1. The zero-order chi connectivity index (χ0) is 21.3. The second-order valence-electron chi connectivity index (χ2n) is 6.34. The second-order valence-corrected chi connectivity index (χ2v) is 7.28. The first-order chi connectivity index (χ1) is 14.5. The zero-order valence-electron chi connectivity index (χ0n) is 16.5. The van der Waals surface area contributed by atoms with Crippen LogP contribution in [0, 0.1) is 13.8 Å². The Hall–Kier alpha value is -3.52. The highest BCUT2D eigenvalue weighted by Gasteiger charge is 2.08. The molecule has 0 bridgehead atoms. The Balaban J connectivity index is 1.46. The summed E-state index contributed by atoms with van der Waals surface area (Å²) in [4.78, 5) is 32.5. The number of hydrogen-bond donors (Lipinski definition) is 1. The first kappa shape index (κ1) is 21.2. The van der Waals surface area contributed by atoms with Crippen LogP contribution in [0.1, 0.15) is 27.3 Å².